The molecular weight excluding hydrogens is 450 g/mol. The van der Waals surface area contributed by atoms with Gasteiger partial charge in [0, 0.05) is 20.3 Å². The molecule has 2 aromatic rings. The minimum atomic E-state index is -0.315. The number of hydrogen-bond acceptors (Lipinski definition) is 6. The van der Waals surface area contributed by atoms with Crippen molar-refractivity contribution in [3.05, 3.63) is 63.0 Å². The maximum Gasteiger partial charge on any atom is 0.293 e. The smallest absolute Gasteiger partial charge is 0.293 e. The van der Waals surface area contributed by atoms with Gasteiger partial charge in [0.25, 0.3) is 11.1 Å². The first-order valence-corrected chi connectivity index (χ1v) is 11.5. The highest BCUT2D eigenvalue weighted by atomic mass is 35.5. The molecule has 1 fully saturated rings. The van der Waals surface area contributed by atoms with Crippen LogP contribution in [0.3, 0.4) is 0 Å². The second kappa shape index (κ2) is 11.4. The van der Waals surface area contributed by atoms with Crippen molar-refractivity contribution in [2.45, 2.75) is 26.9 Å². The second-order valence-electron chi connectivity index (χ2n) is 7.22. The van der Waals surface area contributed by atoms with Crippen LogP contribution in [0.2, 0.25) is 5.02 Å². The molecule has 0 atom stereocenters. The van der Waals surface area contributed by atoms with Gasteiger partial charge in [-0.25, -0.2) is 0 Å². The molecule has 3 rings (SSSR count). The zero-order chi connectivity index (χ0) is 23.1. The molecule has 0 saturated carbocycles. The molecule has 0 N–H and O–H groups in total. The third kappa shape index (κ3) is 6.06. The molecule has 6 nitrogen and oxygen atoms in total. The molecule has 0 spiro atoms. The topological polar surface area (TPSA) is 65.1 Å². The Morgan fingerprint density at radius 3 is 2.56 bits per heavy atom. The van der Waals surface area contributed by atoms with Gasteiger partial charge in [0.15, 0.2) is 11.5 Å². The molecular formula is C24H26ClNO5S. The summed E-state index contributed by atoms with van der Waals surface area (Å²) in [6, 6.07) is 11.5. The zero-order valence-electron chi connectivity index (χ0n) is 18.4. The number of nitrogens with zero attached hydrogens (tertiary/aromatic N) is 1. The Morgan fingerprint density at radius 1 is 1.12 bits per heavy atom. The molecule has 0 bridgehead atoms. The quantitative estimate of drug-likeness (QED) is 0.324. The van der Waals surface area contributed by atoms with Crippen molar-refractivity contribution < 1.29 is 23.8 Å². The highest BCUT2D eigenvalue weighted by molar-refractivity contribution is 8.18. The molecule has 1 aliphatic heterocycles. The Balaban J connectivity index is 1.80. The van der Waals surface area contributed by atoms with Crippen molar-refractivity contribution in [2.24, 2.45) is 0 Å². The average Bonchev–Trinajstić information content (AvgIpc) is 3.02. The fraction of sp³-hybridized carbons (Fsp3) is 0.333. The Labute approximate surface area is 197 Å². The molecule has 0 aromatic heterocycles. The van der Waals surface area contributed by atoms with Crippen molar-refractivity contribution in [1.29, 1.82) is 0 Å². The summed E-state index contributed by atoms with van der Waals surface area (Å²) in [5.41, 5.74) is 2.85. The largest absolute Gasteiger partial charge is 0.490 e. The fourth-order valence-corrected chi connectivity index (χ4v) is 4.26. The molecule has 0 unspecified atom stereocenters. The lowest BCUT2D eigenvalue weighted by atomic mass is 10.1. The minimum Gasteiger partial charge on any atom is -0.490 e. The fourth-order valence-electron chi connectivity index (χ4n) is 3.13. The molecule has 32 heavy (non-hydrogen) atoms. The SMILES string of the molecule is CCOc1cc(/C=C2/SC(=O)N(CCCOC)C2=O)cc(Cl)c1OCc1ccc(C)cc1. The van der Waals surface area contributed by atoms with E-state index in [-0.39, 0.29) is 11.1 Å². The van der Waals surface area contributed by atoms with Crippen molar-refractivity contribution >= 4 is 40.6 Å². The van der Waals surface area contributed by atoms with Gasteiger partial charge in [-0.05, 0) is 61.4 Å². The zero-order valence-corrected chi connectivity index (χ0v) is 19.9. The first kappa shape index (κ1) is 24.2. The maximum atomic E-state index is 12.6. The Kier molecular flexibility index (Phi) is 8.61. The van der Waals surface area contributed by atoms with E-state index >= 15 is 0 Å². The van der Waals surface area contributed by atoms with E-state index in [1.165, 1.54) is 10.5 Å². The Morgan fingerprint density at radius 2 is 1.88 bits per heavy atom. The third-order valence-electron chi connectivity index (χ3n) is 4.74. The predicted molar refractivity (Wildman–Crippen MR) is 127 cm³/mol. The molecule has 170 valence electrons. The summed E-state index contributed by atoms with van der Waals surface area (Å²) in [4.78, 5) is 26.5. The van der Waals surface area contributed by atoms with E-state index in [0.717, 1.165) is 17.3 Å². The van der Waals surface area contributed by atoms with Crippen LogP contribution in [0.25, 0.3) is 6.08 Å². The van der Waals surface area contributed by atoms with E-state index in [9.17, 15) is 9.59 Å². The number of carbonyl (C=O) groups excluding carboxylic acids is 2. The van der Waals surface area contributed by atoms with Crippen LogP contribution < -0.4 is 9.47 Å². The summed E-state index contributed by atoms with van der Waals surface area (Å²) in [7, 11) is 1.58. The number of imide groups is 1. The number of carbonyl (C=O) groups is 2. The van der Waals surface area contributed by atoms with Gasteiger partial charge in [-0.15, -0.1) is 0 Å². The van der Waals surface area contributed by atoms with E-state index < -0.39 is 0 Å². The average molecular weight is 476 g/mol. The Hall–Kier alpha value is -2.48. The van der Waals surface area contributed by atoms with Crippen LogP contribution in [0.5, 0.6) is 11.5 Å². The lowest BCUT2D eigenvalue weighted by molar-refractivity contribution is -0.122. The van der Waals surface area contributed by atoms with Gasteiger partial charge in [-0.2, -0.15) is 0 Å². The van der Waals surface area contributed by atoms with Gasteiger partial charge >= 0.3 is 0 Å². The molecule has 0 aliphatic carbocycles. The summed E-state index contributed by atoms with van der Waals surface area (Å²) in [6.07, 6.45) is 2.24. The normalized spacial score (nSPS) is 15.0. The van der Waals surface area contributed by atoms with Crippen LogP contribution in [0.15, 0.2) is 41.3 Å². The van der Waals surface area contributed by atoms with Gasteiger partial charge in [0.05, 0.1) is 16.5 Å². The molecule has 2 amide bonds. The molecule has 2 aromatic carbocycles. The summed E-state index contributed by atoms with van der Waals surface area (Å²) in [5.74, 6) is 0.612. The van der Waals surface area contributed by atoms with Crippen molar-refractivity contribution in [2.75, 3.05) is 26.9 Å². The number of hydrogen-bond donors (Lipinski definition) is 0. The summed E-state index contributed by atoms with van der Waals surface area (Å²) in [5, 5.41) is 0.0835. The van der Waals surface area contributed by atoms with E-state index in [0.29, 0.717) is 59.8 Å². The lowest BCUT2D eigenvalue weighted by Crippen LogP contribution is -2.29. The van der Waals surface area contributed by atoms with Crippen molar-refractivity contribution in [3.63, 3.8) is 0 Å². The van der Waals surface area contributed by atoms with E-state index in [1.54, 1.807) is 25.3 Å². The number of halogens is 1. The monoisotopic (exact) mass is 475 g/mol. The number of ether oxygens (including phenoxy) is 3. The van der Waals surface area contributed by atoms with Crippen molar-refractivity contribution in [1.82, 2.24) is 4.90 Å². The lowest BCUT2D eigenvalue weighted by Gasteiger charge is -2.15. The maximum absolute atomic E-state index is 12.6. The van der Waals surface area contributed by atoms with Crippen LogP contribution in [0.1, 0.15) is 30.0 Å². The number of benzene rings is 2. The van der Waals surface area contributed by atoms with Crippen LogP contribution in [-0.2, 0) is 16.1 Å². The molecule has 1 aliphatic rings. The molecule has 8 heteroatoms. The second-order valence-corrected chi connectivity index (χ2v) is 8.62. The van der Waals surface area contributed by atoms with E-state index in [2.05, 4.69) is 0 Å². The number of methoxy groups -OCH3 is 1. The first-order chi connectivity index (χ1) is 15.4. The van der Waals surface area contributed by atoms with Crippen molar-refractivity contribution in [3.8, 4) is 11.5 Å². The standard InChI is InChI=1S/C24H26ClNO5S/c1-4-30-20-13-18(14-21-23(27)26(24(28)32-21)10-5-11-29-3)12-19(25)22(20)31-15-17-8-6-16(2)7-9-17/h6-9,12-14H,4-5,10-11,15H2,1-3H3/b21-14+. The summed E-state index contributed by atoms with van der Waals surface area (Å²) < 4.78 is 16.7. The van der Waals surface area contributed by atoms with Gasteiger partial charge < -0.3 is 14.2 Å². The summed E-state index contributed by atoms with van der Waals surface area (Å²) >= 11 is 7.42. The number of amides is 2. The Bertz CT molecular complexity index is 1010. The number of rotatable bonds is 10. The minimum absolute atomic E-state index is 0.286. The van der Waals surface area contributed by atoms with Gasteiger partial charge in [-0.3, -0.25) is 14.5 Å². The highest BCUT2D eigenvalue weighted by Gasteiger charge is 2.34. The van der Waals surface area contributed by atoms with Crippen LogP contribution in [0.4, 0.5) is 4.79 Å². The van der Waals surface area contributed by atoms with Crippen LogP contribution >= 0.6 is 23.4 Å². The van der Waals surface area contributed by atoms with Gasteiger partial charge in [0.2, 0.25) is 0 Å². The number of aryl methyl sites for hydroxylation is 1. The molecule has 1 saturated heterocycles. The van der Waals surface area contributed by atoms with Crippen LogP contribution in [0, 0.1) is 6.92 Å². The third-order valence-corrected chi connectivity index (χ3v) is 5.93. The number of thioether (sulfide) groups is 1. The van der Waals surface area contributed by atoms with Gasteiger partial charge in [0.1, 0.15) is 6.61 Å². The van der Waals surface area contributed by atoms with E-state index in [1.807, 2.05) is 38.1 Å². The van der Waals surface area contributed by atoms with Crippen LogP contribution in [-0.4, -0.2) is 42.9 Å². The highest BCUT2D eigenvalue weighted by Crippen LogP contribution is 2.39. The molecule has 1 heterocycles. The van der Waals surface area contributed by atoms with Gasteiger partial charge in [-0.1, -0.05) is 41.4 Å². The first-order valence-electron chi connectivity index (χ1n) is 10.3. The molecule has 0 radical (unpaired) electrons. The predicted octanol–water partition coefficient (Wildman–Crippen LogP) is 5.70. The summed E-state index contributed by atoms with van der Waals surface area (Å²) in [6.45, 7) is 5.48. The van der Waals surface area contributed by atoms with E-state index in [4.69, 9.17) is 25.8 Å².